The first-order chi connectivity index (χ1) is 7.66. The molecule has 0 spiro atoms. The Morgan fingerprint density at radius 3 is 1.75 bits per heavy atom. The van der Waals surface area contributed by atoms with Crippen LogP contribution in [0, 0.1) is 0 Å². The Balaban J connectivity index is 0. The SMILES string of the molecule is C=CC.CCCCCO[Si](CC)(CC)CC. The maximum Gasteiger partial charge on any atom is 0.191 e. The lowest BCUT2D eigenvalue weighted by atomic mass is 10.3. The van der Waals surface area contributed by atoms with Crippen LogP contribution in [0.4, 0.5) is 0 Å². The van der Waals surface area contributed by atoms with Crippen LogP contribution in [0.1, 0.15) is 53.9 Å². The molecule has 0 aliphatic carbocycles. The summed E-state index contributed by atoms with van der Waals surface area (Å²) in [6, 6.07) is 3.85. The summed E-state index contributed by atoms with van der Waals surface area (Å²) >= 11 is 0. The minimum Gasteiger partial charge on any atom is -0.417 e. The molecule has 2 heteroatoms. The molecule has 0 aliphatic rings. The normalized spacial score (nSPS) is 10.6. The van der Waals surface area contributed by atoms with E-state index in [9.17, 15) is 0 Å². The second kappa shape index (κ2) is 13.0. The molecule has 0 aliphatic heterocycles. The van der Waals surface area contributed by atoms with Crippen molar-refractivity contribution in [2.75, 3.05) is 6.61 Å². The Labute approximate surface area is 104 Å². The fourth-order valence-corrected chi connectivity index (χ4v) is 4.39. The third-order valence-electron chi connectivity index (χ3n) is 3.09. The fourth-order valence-electron chi connectivity index (χ4n) is 1.70. The predicted molar refractivity (Wildman–Crippen MR) is 78.5 cm³/mol. The first kappa shape index (κ1) is 18.3. The number of hydrogen-bond donors (Lipinski definition) is 0. The smallest absolute Gasteiger partial charge is 0.191 e. The topological polar surface area (TPSA) is 9.23 Å². The van der Waals surface area contributed by atoms with E-state index in [1.165, 1.54) is 37.4 Å². The lowest BCUT2D eigenvalue weighted by Gasteiger charge is -2.27. The van der Waals surface area contributed by atoms with Crippen molar-refractivity contribution in [2.45, 2.75) is 72.0 Å². The van der Waals surface area contributed by atoms with Gasteiger partial charge < -0.3 is 4.43 Å². The Morgan fingerprint density at radius 1 is 1.00 bits per heavy atom. The van der Waals surface area contributed by atoms with Crippen molar-refractivity contribution in [2.24, 2.45) is 0 Å². The molecule has 1 nitrogen and oxygen atoms in total. The molecule has 0 bridgehead atoms. The molecule has 0 aromatic heterocycles. The van der Waals surface area contributed by atoms with E-state index in [0.29, 0.717) is 0 Å². The summed E-state index contributed by atoms with van der Waals surface area (Å²) in [6.45, 7) is 15.4. The van der Waals surface area contributed by atoms with Crippen molar-refractivity contribution in [1.82, 2.24) is 0 Å². The number of allylic oxidation sites excluding steroid dienone is 1. The predicted octanol–water partition coefficient (Wildman–Crippen LogP) is 5.39. The molecule has 98 valence electrons. The van der Waals surface area contributed by atoms with Crippen LogP contribution in [0.15, 0.2) is 12.7 Å². The van der Waals surface area contributed by atoms with Crippen LogP contribution < -0.4 is 0 Å². The molecule has 0 heterocycles. The van der Waals surface area contributed by atoms with Gasteiger partial charge in [0.1, 0.15) is 0 Å². The summed E-state index contributed by atoms with van der Waals surface area (Å²) in [6.07, 6.45) is 5.62. The number of unbranched alkanes of at least 4 members (excludes halogenated alkanes) is 2. The maximum atomic E-state index is 6.12. The standard InChI is InChI=1S/C11H26OSi.C3H6/c1-5-9-10-11-12-13(6-2,7-3)8-4;1-3-2/h5-11H2,1-4H3;3H,1H2,2H3. The Kier molecular flexibility index (Phi) is 14.8. The lowest BCUT2D eigenvalue weighted by molar-refractivity contribution is 0.289. The molecule has 0 rings (SSSR count). The Morgan fingerprint density at radius 2 is 1.44 bits per heavy atom. The maximum absolute atomic E-state index is 6.12. The largest absolute Gasteiger partial charge is 0.417 e. The van der Waals surface area contributed by atoms with E-state index in [4.69, 9.17) is 4.43 Å². The van der Waals surface area contributed by atoms with Crippen molar-refractivity contribution in [3.8, 4) is 0 Å². The molecular weight excluding hydrogens is 212 g/mol. The van der Waals surface area contributed by atoms with Crippen LogP contribution in [-0.2, 0) is 4.43 Å². The molecule has 16 heavy (non-hydrogen) atoms. The summed E-state index contributed by atoms with van der Waals surface area (Å²) in [5.41, 5.74) is 0. The van der Waals surface area contributed by atoms with E-state index in [1.54, 1.807) is 6.08 Å². The van der Waals surface area contributed by atoms with Gasteiger partial charge in [0.15, 0.2) is 8.32 Å². The molecule has 0 aromatic rings. The second-order valence-electron chi connectivity index (χ2n) is 4.21. The van der Waals surface area contributed by atoms with Crippen LogP contribution in [-0.4, -0.2) is 14.9 Å². The molecule has 0 aromatic carbocycles. The van der Waals surface area contributed by atoms with Gasteiger partial charge in [0.2, 0.25) is 0 Å². The van der Waals surface area contributed by atoms with Gasteiger partial charge in [0.05, 0.1) is 0 Å². The van der Waals surface area contributed by atoms with Crippen molar-refractivity contribution in [3.63, 3.8) is 0 Å². The molecule has 0 N–H and O–H groups in total. The average molecular weight is 244 g/mol. The van der Waals surface area contributed by atoms with Crippen molar-refractivity contribution < 1.29 is 4.43 Å². The highest BCUT2D eigenvalue weighted by molar-refractivity contribution is 6.73. The second-order valence-corrected chi connectivity index (χ2v) is 8.98. The van der Waals surface area contributed by atoms with Crippen LogP contribution >= 0.6 is 0 Å². The molecule has 0 fully saturated rings. The van der Waals surface area contributed by atoms with E-state index >= 15 is 0 Å². The highest BCUT2D eigenvalue weighted by Gasteiger charge is 2.27. The molecule has 0 radical (unpaired) electrons. The van der Waals surface area contributed by atoms with Crippen molar-refractivity contribution in [3.05, 3.63) is 12.7 Å². The molecular formula is C14H32OSi. The highest BCUT2D eigenvalue weighted by Crippen LogP contribution is 2.21. The number of hydrogen-bond acceptors (Lipinski definition) is 1. The van der Waals surface area contributed by atoms with Crippen LogP contribution in [0.2, 0.25) is 18.1 Å². The van der Waals surface area contributed by atoms with Gasteiger partial charge in [0, 0.05) is 6.61 Å². The first-order valence-electron chi connectivity index (χ1n) is 6.87. The third-order valence-corrected chi connectivity index (χ3v) is 7.77. The van der Waals surface area contributed by atoms with Gasteiger partial charge in [-0.3, -0.25) is 0 Å². The Hall–Kier alpha value is -0.0831. The van der Waals surface area contributed by atoms with Gasteiger partial charge >= 0.3 is 0 Å². The van der Waals surface area contributed by atoms with E-state index in [0.717, 1.165) is 6.61 Å². The zero-order valence-corrected chi connectivity index (χ0v) is 13.1. The Bertz CT molecular complexity index is 133. The van der Waals surface area contributed by atoms with Gasteiger partial charge in [-0.05, 0) is 31.5 Å². The summed E-state index contributed by atoms with van der Waals surface area (Å²) in [4.78, 5) is 0. The van der Waals surface area contributed by atoms with Crippen LogP contribution in [0.5, 0.6) is 0 Å². The fraction of sp³-hybridized carbons (Fsp3) is 0.857. The lowest BCUT2D eigenvalue weighted by Crippen LogP contribution is -2.36. The minimum absolute atomic E-state index is 1.01. The molecule has 0 amide bonds. The average Bonchev–Trinajstić information content (AvgIpc) is 2.32. The molecule has 0 atom stereocenters. The van der Waals surface area contributed by atoms with Gasteiger partial charge in [0.25, 0.3) is 0 Å². The summed E-state index contributed by atoms with van der Waals surface area (Å²) in [5, 5.41) is 0. The van der Waals surface area contributed by atoms with E-state index in [2.05, 4.69) is 34.3 Å². The first-order valence-corrected chi connectivity index (χ1v) is 9.40. The molecule has 0 unspecified atom stereocenters. The third kappa shape index (κ3) is 9.17. The quantitative estimate of drug-likeness (QED) is 0.316. The van der Waals surface area contributed by atoms with E-state index < -0.39 is 8.32 Å². The van der Waals surface area contributed by atoms with E-state index in [-0.39, 0.29) is 0 Å². The monoisotopic (exact) mass is 244 g/mol. The molecule has 0 saturated heterocycles. The van der Waals surface area contributed by atoms with Crippen LogP contribution in [0.25, 0.3) is 0 Å². The van der Waals surface area contributed by atoms with Crippen LogP contribution in [0.3, 0.4) is 0 Å². The highest BCUT2D eigenvalue weighted by atomic mass is 28.4. The summed E-state index contributed by atoms with van der Waals surface area (Å²) in [5.74, 6) is 0. The van der Waals surface area contributed by atoms with Gasteiger partial charge in [-0.25, -0.2) is 0 Å². The van der Waals surface area contributed by atoms with Crippen molar-refractivity contribution >= 4 is 8.32 Å². The van der Waals surface area contributed by atoms with Gasteiger partial charge in [-0.2, -0.15) is 0 Å². The van der Waals surface area contributed by atoms with Gasteiger partial charge in [-0.15, -0.1) is 6.58 Å². The zero-order valence-electron chi connectivity index (χ0n) is 12.1. The summed E-state index contributed by atoms with van der Waals surface area (Å²) in [7, 11) is -1.27. The number of rotatable bonds is 8. The molecule has 0 saturated carbocycles. The van der Waals surface area contributed by atoms with E-state index in [1.807, 2.05) is 6.92 Å². The van der Waals surface area contributed by atoms with Gasteiger partial charge in [-0.1, -0.05) is 46.6 Å². The minimum atomic E-state index is -1.27. The van der Waals surface area contributed by atoms with Crippen molar-refractivity contribution in [1.29, 1.82) is 0 Å². The summed E-state index contributed by atoms with van der Waals surface area (Å²) < 4.78 is 6.12. The zero-order chi connectivity index (χ0) is 12.9.